The molecule has 2 N–H and O–H groups in total. The Bertz CT molecular complexity index is 634. The van der Waals surface area contributed by atoms with Gasteiger partial charge in [0.15, 0.2) is 0 Å². The fourth-order valence-corrected chi connectivity index (χ4v) is 3.44. The standard InChI is InChI=1S/C17H22BrNO2/c1-6-11-8-12(18)7-10(4)13(11)14-15(20)17(5,9(2)3)19-16(14)21/h7-9,20H,6H2,1-5H3,(H,19,21). The van der Waals surface area contributed by atoms with Crippen LogP contribution < -0.4 is 5.32 Å². The third-order valence-corrected chi connectivity index (χ3v) is 4.95. The molecule has 1 amide bonds. The summed E-state index contributed by atoms with van der Waals surface area (Å²) in [7, 11) is 0. The molecule has 1 aliphatic rings. The molecule has 0 saturated heterocycles. The number of hydrogen-bond donors (Lipinski definition) is 2. The molecule has 114 valence electrons. The van der Waals surface area contributed by atoms with Crippen LogP contribution in [0.25, 0.3) is 5.57 Å². The number of nitrogens with one attached hydrogen (secondary N) is 1. The summed E-state index contributed by atoms with van der Waals surface area (Å²) in [5, 5.41) is 13.6. The van der Waals surface area contributed by atoms with E-state index < -0.39 is 5.54 Å². The van der Waals surface area contributed by atoms with Gasteiger partial charge in [-0.2, -0.15) is 0 Å². The van der Waals surface area contributed by atoms with E-state index >= 15 is 0 Å². The molecule has 2 rings (SSSR count). The predicted molar refractivity (Wildman–Crippen MR) is 89.2 cm³/mol. The quantitative estimate of drug-likeness (QED) is 0.859. The summed E-state index contributed by atoms with van der Waals surface area (Å²) < 4.78 is 0.991. The van der Waals surface area contributed by atoms with Gasteiger partial charge in [0, 0.05) is 4.47 Å². The van der Waals surface area contributed by atoms with Crippen LogP contribution in [0.2, 0.25) is 0 Å². The summed E-state index contributed by atoms with van der Waals surface area (Å²) in [6.07, 6.45) is 0.804. The van der Waals surface area contributed by atoms with E-state index in [1.807, 2.05) is 39.8 Å². The molecule has 1 unspecified atom stereocenters. The van der Waals surface area contributed by atoms with Gasteiger partial charge in [-0.1, -0.05) is 36.7 Å². The van der Waals surface area contributed by atoms with Gasteiger partial charge in [-0.25, -0.2) is 0 Å². The summed E-state index contributed by atoms with van der Waals surface area (Å²) in [6.45, 7) is 9.88. The fourth-order valence-electron chi connectivity index (χ4n) is 2.82. The van der Waals surface area contributed by atoms with Gasteiger partial charge < -0.3 is 10.4 Å². The number of rotatable bonds is 3. The fraction of sp³-hybridized carbons (Fsp3) is 0.471. The molecule has 0 bridgehead atoms. The first-order chi connectivity index (χ1) is 9.72. The van der Waals surface area contributed by atoms with Crippen LogP contribution in [0.5, 0.6) is 0 Å². The average Bonchev–Trinajstić information content (AvgIpc) is 2.61. The summed E-state index contributed by atoms with van der Waals surface area (Å²) in [5.74, 6) is 0.0752. The van der Waals surface area contributed by atoms with Crippen LogP contribution in [0.3, 0.4) is 0 Å². The van der Waals surface area contributed by atoms with E-state index in [-0.39, 0.29) is 17.6 Å². The molecule has 1 aromatic rings. The van der Waals surface area contributed by atoms with Crippen LogP contribution in [-0.2, 0) is 11.2 Å². The molecule has 0 saturated carbocycles. The third kappa shape index (κ3) is 2.50. The second-order valence-electron chi connectivity index (χ2n) is 6.15. The molecule has 3 nitrogen and oxygen atoms in total. The van der Waals surface area contributed by atoms with E-state index in [0.717, 1.165) is 27.6 Å². The number of aryl methyl sites for hydroxylation is 2. The van der Waals surface area contributed by atoms with Crippen LogP contribution in [0.4, 0.5) is 0 Å². The summed E-state index contributed by atoms with van der Waals surface area (Å²) >= 11 is 3.49. The molecule has 0 radical (unpaired) electrons. The lowest BCUT2D eigenvalue weighted by Crippen LogP contribution is -2.46. The van der Waals surface area contributed by atoms with Gasteiger partial charge in [-0.05, 0) is 55.0 Å². The monoisotopic (exact) mass is 351 g/mol. The van der Waals surface area contributed by atoms with Gasteiger partial charge in [0.2, 0.25) is 0 Å². The smallest absolute Gasteiger partial charge is 0.256 e. The Kier molecular flexibility index (Phi) is 4.20. The van der Waals surface area contributed by atoms with E-state index in [9.17, 15) is 9.90 Å². The maximum absolute atomic E-state index is 12.5. The van der Waals surface area contributed by atoms with Crippen molar-refractivity contribution in [2.24, 2.45) is 5.92 Å². The van der Waals surface area contributed by atoms with Crippen molar-refractivity contribution in [3.63, 3.8) is 0 Å². The van der Waals surface area contributed by atoms with E-state index in [1.165, 1.54) is 0 Å². The SMILES string of the molecule is CCc1cc(Br)cc(C)c1C1=C(O)C(C)(C(C)C)NC1=O. The van der Waals surface area contributed by atoms with Crippen LogP contribution in [0, 0.1) is 12.8 Å². The summed E-state index contributed by atoms with van der Waals surface area (Å²) in [5.41, 5.74) is 2.64. The first-order valence-electron chi connectivity index (χ1n) is 7.28. The van der Waals surface area contributed by atoms with Crippen molar-refractivity contribution in [3.8, 4) is 0 Å². The number of halogens is 1. The molecular formula is C17H22BrNO2. The second-order valence-corrected chi connectivity index (χ2v) is 7.06. The number of carbonyl (C=O) groups is 1. The summed E-state index contributed by atoms with van der Waals surface area (Å²) in [6, 6.07) is 3.99. The minimum absolute atomic E-state index is 0.111. The molecule has 0 spiro atoms. The number of aliphatic hydroxyl groups excluding tert-OH is 1. The second kappa shape index (κ2) is 5.48. The molecule has 0 aromatic heterocycles. The van der Waals surface area contributed by atoms with Crippen LogP contribution in [0.1, 0.15) is 44.4 Å². The number of hydrogen-bond acceptors (Lipinski definition) is 2. The zero-order valence-electron chi connectivity index (χ0n) is 13.2. The molecule has 1 aromatic carbocycles. The molecule has 1 atom stereocenters. The van der Waals surface area contributed by atoms with E-state index in [4.69, 9.17) is 0 Å². The number of aliphatic hydroxyl groups is 1. The maximum atomic E-state index is 12.5. The number of carbonyl (C=O) groups excluding carboxylic acids is 1. The van der Waals surface area contributed by atoms with Gasteiger partial charge in [0.25, 0.3) is 5.91 Å². The Morgan fingerprint density at radius 2 is 2.00 bits per heavy atom. The van der Waals surface area contributed by atoms with Gasteiger partial charge in [-0.3, -0.25) is 4.79 Å². The topological polar surface area (TPSA) is 49.3 Å². The van der Waals surface area contributed by atoms with Crippen LogP contribution >= 0.6 is 15.9 Å². The first kappa shape index (κ1) is 16.1. The lowest BCUT2D eigenvalue weighted by molar-refractivity contribution is -0.116. The molecular weight excluding hydrogens is 330 g/mol. The predicted octanol–water partition coefficient (Wildman–Crippen LogP) is 4.13. The van der Waals surface area contributed by atoms with Gasteiger partial charge >= 0.3 is 0 Å². The van der Waals surface area contributed by atoms with E-state index in [0.29, 0.717) is 5.57 Å². The van der Waals surface area contributed by atoms with Gasteiger partial charge in [0.1, 0.15) is 5.76 Å². The van der Waals surface area contributed by atoms with Gasteiger partial charge in [0.05, 0.1) is 11.1 Å². The first-order valence-corrected chi connectivity index (χ1v) is 8.07. The van der Waals surface area contributed by atoms with Crippen molar-refractivity contribution in [2.45, 2.75) is 46.6 Å². The average molecular weight is 352 g/mol. The molecule has 0 fully saturated rings. The maximum Gasteiger partial charge on any atom is 0.256 e. The highest BCUT2D eigenvalue weighted by Crippen LogP contribution is 2.39. The lowest BCUT2D eigenvalue weighted by atomic mass is 9.85. The molecule has 1 heterocycles. The highest BCUT2D eigenvalue weighted by atomic mass is 79.9. The molecule has 0 aliphatic carbocycles. The Morgan fingerprint density at radius 1 is 1.38 bits per heavy atom. The zero-order chi connectivity index (χ0) is 15.9. The van der Waals surface area contributed by atoms with Crippen molar-refractivity contribution >= 4 is 27.4 Å². The van der Waals surface area contributed by atoms with Gasteiger partial charge in [-0.15, -0.1) is 0 Å². The highest BCUT2D eigenvalue weighted by molar-refractivity contribution is 9.10. The molecule has 1 aliphatic heterocycles. The Morgan fingerprint density at radius 3 is 2.48 bits per heavy atom. The van der Waals surface area contributed by atoms with E-state index in [1.54, 1.807) is 0 Å². The molecule has 4 heteroatoms. The Hall–Kier alpha value is -1.29. The lowest BCUT2D eigenvalue weighted by Gasteiger charge is -2.29. The van der Waals surface area contributed by atoms with Crippen LogP contribution in [0.15, 0.2) is 22.4 Å². The Labute approximate surface area is 134 Å². The summed E-state index contributed by atoms with van der Waals surface area (Å²) in [4.78, 5) is 12.5. The largest absolute Gasteiger partial charge is 0.509 e. The number of amides is 1. The van der Waals surface area contributed by atoms with Crippen molar-refractivity contribution in [2.75, 3.05) is 0 Å². The highest BCUT2D eigenvalue weighted by Gasteiger charge is 2.45. The molecule has 21 heavy (non-hydrogen) atoms. The van der Waals surface area contributed by atoms with Crippen molar-refractivity contribution in [3.05, 3.63) is 39.1 Å². The zero-order valence-corrected chi connectivity index (χ0v) is 14.8. The normalized spacial score (nSPS) is 22.1. The van der Waals surface area contributed by atoms with Crippen molar-refractivity contribution in [1.82, 2.24) is 5.32 Å². The van der Waals surface area contributed by atoms with Crippen molar-refractivity contribution < 1.29 is 9.90 Å². The minimum Gasteiger partial charge on any atom is -0.509 e. The van der Waals surface area contributed by atoms with Crippen molar-refractivity contribution in [1.29, 1.82) is 0 Å². The number of benzene rings is 1. The Balaban J connectivity index is 2.72. The minimum atomic E-state index is -0.697. The third-order valence-electron chi connectivity index (χ3n) is 4.50. The van der Waals surface area contributed by atoms with Crippen LogP contribution in [-0.4, -0.2) is 16.6 Å². The van der Waals surface area contributed by atoms with E-state index in [2.05, 4.69) is 28.2 Å².